The molecule has 1 aromatic heterocycles. The zero-order valence-corrected chi connectivity index (χ0v) is 15.7. The Morgan fingerprint density at radius 1 is 1.26 bits per heavy atom. The molecule has 1 N–H and O–H groups in total. The number of rotatable bonds is 7. The van der Waals surface area contributed by atoms with E-state index in [1.165, 1.54) is 18.2 Å². The quantitative estimate of drug-likeness (QED) is 0.701. The topological polar surface area (TPSA) is 93.6 Å². The third kappa shape index (κ3) is 5.12. The first kappa shape index (κ1) is 19.5. The molecule has 1 aliphatic rings. The maximum Gasteiger partial charge on any atom is 0.243 e. The minimum atomic E-state index is -3.94. The number of benzene rings is 1. The molecule has 0 aliphatic carbocycles. The number of hydrogen-bond acceptors (Lipinski definition) is 7. The van der Waals surface area contributed by atoms with E-state index in [4.69, 9.17) is 9.47 Å². The van der Waals surface area contributed by atoms with Gasteiger partial charge >= 0.3 is 0 Å². The summed E-state index contributed by atoms with van der Waals surface area (Å²) in [5.74, 6) is 0.857. The molecule has 10 heteroatoms. The van der Waals surface area contributed by atoms with Crippen LogP contribution in [-0.2, 0) is 14.8 Å². The highest BCUT2D eigenvalue weighted by Gasteiger charge is 2.18. The molecule has 0 unspecified atom stereocenters. The smallest absolute Gasteiger partial charge is 0.243 e. The van der Waals surface area contributed by atoms with Gasteiger partial charge in [-0.1, -0.05) is 12.1 Å². The number of ether oxygens (including phenoxy) is 2. The summed E-state index contributed by atoms with van der Waals surface area (Å²) in [5, 5.41) is 0. The van der Waals surface area contributed by atoms with Crippen molar-refractivity contribution in [1.82, 2.24) is 14.7 Å². The second kappa shape index (κ2) is 8.59. The molecule has 0 spiro atoms. The Balaban J connectivity index is 1.57. The van der Waals surface area contributed by atoms with Crippen LogP contribution in [0.4, 0.5) is 10.2 Å². The molecule has 0 atom stereocenters. The minimum Gasteiger partial charge on any atom is -0.476 e. The molecule has 146 valence electrons. The molecule has 0 amide bonds. The average molecular weight is 396 g/mol. The lowest BCUT2D eigenvalue weighted by atomic mass is 10.4. The fourth-order valence-electron chi connectivity index (χ4n) is 2.63. The van der Waals surface area contributed by atoms with E-state index < -0.39 is 20.7 Å². The van der Waals surface area contributed by atoms with Crippen LogP contribution in [0.25, 0.3) is 0 Å². The van der Waals surface area contributed by atoms with Crippen LogP contribution in [0.1, 0.15) is 5.82 Å². The van der Waals surface area contributed by atoms with Crippen molar-refractivity contribution in [1.29, 1.82) is 0 Å². The second-order valence-corrected chi connectivity index (χ2v) is 7.62. The monoisotopic (exact) mass is 396 g/mol. The Morgan fingerprint density at radius 3 is 2.74 bits per heavy atom. The van der Waals surface area contributed by atoms with E-state index in [2.05, 4.69) is 19.6 Å². The van der Waals surface area contributed by atoms with Gasteiger partial charge in [-0.2, -0.15) is 4.98 Å². The summed E-state index contributed by atoms with van der Waals surface area (Å²) in [7, 11) is -3.94. The zero-order chi connectivity index (χ0) is 19.3. The van der Waals surface area contributed by atoms with Crippen LogP contribution in [-0.4, -0.2) is 57.8 Å². The van der Waals surface area contributed by atoms with Crippen molar-refractivity contribution in [2.45, 2.75) is 11.8 Å². The summed E-state index contributed by atoms with van der Waals surface area (Å²) in [4.78, 5) is 10.3. The Morgan fingerprint density at radius 2 is 2.00 bits per heavy atom. The van der Waals surface area contributed by atoms with Crippen molar-refractivity contribution in [3.63, 3.8) is 0 Å². The van der Waals surface area contributed by atoms with E-state index >= 15 is 0 Å². The molecule has 0 saturated carbocycles. The van der Waals surface area contributed by atoms with Crippen molar-refractivity contribution >= 4 is 15.8 Å². The fourth-order valence-corrected chi connectivity index (χ4v) is 3.72. The lowest BCUT2D eigenvalue weighted by Gasteiger charge is -2.28. The van der Waals surface area contributed by atoms with Gasteiger partial charge in [-0.15, -0.1) is 0 Å². The van der Waals surface area contributed by atoms with Crippen LogP contribution in [0.15, 0.2) is 35.2 Å². The molecule has 0 bridgehead atoms. The summed E-state index contributed by atoms with van der Waals surface area (Å²) in [5.41, 5.74) is 0. The highest BCUT2D eigenvalue weighted by Crippen LogP contribution is 2.18. The van der Waals surface area contributed by atoms with Crippen LogP contribution in [0.2, 0.25) is 0 Å². The van der Waals surface area contributed by atoms with Gasteiger partial charge in [0.2, 0.25) is 15.9 Å². The number of nitrogens with zero attached hydrogens (tertiary/aromatic N) is 3. The maximum absolute atomic E-state index is 13.6. The fraction of sp³-hybridized carbons (Fsp3) is 0.412. The molecule has 1 fully saturated rings. The molecule has 27 heavy (non-hydrogen) atoms. The Labute approximate surface area is 157 Å². The third-order valence-electron chi connectivity index (χ3n) is 3.91. The van der Waals surface area contributed by atoms with E-state index in [-0.39, 0.29) is 13.2 Å². The molecule has 0 radical (unpaired) electrons. The second-order valence-electron chi connectivity index (χ2n) is 5.89. The number of aromatic nitrogens is 2. The Bertz CT molecular complexity index is 888. The first-order chi connectivity index (χ1) is 13.0. The van der Waals surface area contributed by atoms with E-state index in [0.717, 1.165) is 25.0 Å². The summed E-state index contributed by atoms with van der Waals surface area (Å²) < 4.78 is 51.1. The molecule has 2 heterocycles. The minimum absolute atomic E-state index is 0.0212. The lowest BCUT2D eigenvalue weighted by molar-refractivity contribution is 0.122. The van der Waals surface area contributed by atoms with Gasteiger partial charge in [-0.25, -0.2) is 22.5 Å². The van der Waals surface area contributed by atoms with E-state index in [1.807, 2.05) is 0 Å². The number of hydrogen-bond donors (Lipinski definition) is 1. The van der Waals surface area contributed by atoms with Gasteiger partial charge < -0.3 is 14.4 Å². The Kier molecular flexibility index (Phi) is 6.19. The van der Waals surface area contributed by atoms with Gasteiger partial charge in [-0.3, -0.25) is 0 Å². The van der Waals surface area contributed by atoms with Crippen LogP contribution >= 0.6 is 0 Å². The van der Waals surface area contributed by atoms with E-state index in [0.29, 0.717) is 24.9 Å². The average Bonchev–Trinajstić information content (AvgIpc) is 2.66. The van der Waals surface area contributed by atoms with E-state index in [9.17, 15) is 12.8 Å². The molecule has 3 rings (SSSR count). The van der Waals surface area contributed by atoms with Crippen LogP contribution in [0, 0.1) is 12.7 Å². The summed E-state index contributed by atoms with van der Waals surface area (Å²) in [6.45, 7) is 4.53. The van der Waals surface area contributed by atoms with Crippen LogP contribution in [0.3, 0.4) is 0 Å². The molecular formula is C17H21FN4O4S. The van der Waals surface area contributed by atoms with Gasteiger partial charge in [0.05, 0.1) is 13.2 Å². The molecule has 1 saturated heterocycles. The molecule has 2 aromatic rings. The van der Waals surface area contributed by atoms with Crippen molar-refractivity contribution < 1.29 is 22.3 Å². The van der Waals surface area contributed by atoms with Gasteiger partial charge in [0.25, 0.3) is 0 Å². The number of nitrogens with one attached hydrogen (secondary N) is 1. The molecule has 1 aliphatic heterocycles. The van der Waals surface area contributed by atoms with Crippen molar-refractivity contribution in [2.24, 2.45) is 0 Å². The van der Waals surface area contributed by atoms with Gasteiger partial charge in [-0.05, 0) is 19.1 Å². The number of sulfonamides is 1. The van der Waals surface area contributed by atoms with Gasteiger partial charge in [0.15, 0.2) is 0 Å². The lowest BCUT2D eigenvalue weighted by Crippen LogP contribution is -2.37. The summed E-state index contributed by atoms with van der Waals surface area (Å²) in [6.07, 6.45) is 0. The Hall–Kier alpha value is -2.30. The van der Waals surface area contributed by atoms with Crippen molar-refractivity contribution in [3.05, 3.63) is 42.0 Å². The van der Waals surface area contributed by atoms with Gasteiger partial charge in [0.1, 0.15) is 29.0 Å². The van der Waals surface area contributed by atoms with E-state index in [1.54, 1.807) is 13.0 Å². The van der Waals surface area contributed by atoms with Crippen molar-refractivity contribution in [2.75, 3.05) is 44.4 Å². The van der Waals surface area contributed by atoms with Crippen LogP contribution < -0.4 is 14.4 Å². The predicted molar refractivity (Wildman–Crippen MR) is 96.9 cm³/mol. The number of aryl methyl sites for hydroxylation is 1. The summed E-state index contributed by atoms with van der Waals surface area (Å²) >= 11 is 0. The summed E-state index contributed by atoms with van der Waals surface area (Å²) in [6, 6.07) is 6.92. The highest BCUT2D eigenvalue weighted by molar-refractivity contribution is 7.89. The van der Waals surface area contributed by atoms with Crippen molar-refractivity contribution in [3.8, 4) is 5.88 Å². The molecule has 8 nitrogen and oxygen atoms in total. The standard InChI is InChI=1S/C17H21FN4O4S/c1-13-20-16(22-7-10-25-11-8-22)12-17(21-13)26-9-6-19-27(23,24)15-5-3-2-4-14(15)18/h2-5,12,19H,6-11H2,1H3. The molecule has 1 aromatic carbocycles. The maximum atomic E-state index is 13.6. The first-order valence-electron chi connectivity index (χ1n) is 8.51. The third-order valence-corrected chi connectivity index (χ3v) is 5.40. The normalized spacial score (nSPS) is 15.0. The first-order valence-corrected chi connectivity index (χ1v) is 9.99. The number of morpholine rings is 1. The SMILES string of the molecule is Cc1nc(OCCNS(=O)(=O)c2ccccc2F)cc(N2CCOCC2)n1. The largest absolute Gasteiger partial charge is 0.476 e. The zero-order valence-electron chi connectivity index (χ0n) is 14.9. The molecular weight excluding hydrogens is 375 g/mol. The number of halogens is 1. The highest BCUT2D eigenvalue weighted by atomic mass is 32.2. The number of anilines is 1. The van der Waals surface area contributed by atoms with Crippen LogP contribution in [0.5, 0.6) is 5.88 Å². The predicted octanol–water partition coefficient (Wildman–Crippen LogP) is 1.12. The van der Waals surface area contributed by atoms with Gasteiger partial charge in [0, 0.05) is 25.7 Å².